The minimum atomic E-state index is 0.590. The Morgan fingerprint density at radius 2 is 2.00 bits per heavy atom. The maximum atomic E-state index is 4.92. The Labute approximate surface area is 80.2 Å². The quantitative estimate of drug-likeness (QED) is 0.287. The lowest BCUT2D eigenvalue weighted by Crippen LogP contribution is -2.26. The Balaban J connectivity index is 2.12. The average Bonchev–Trinajstić information content (AvgIpc) is 2.15. The minimum absolute atomic E-state index is 0.590. The molecule has 3 nitrogen and oxygen atoms in total. The van der Waals surface area contributed by atoms with E-state index in [0.29, 0.717) is 13.2 Å². The summed E-state index contributed by atoms with van der Waals surface area (Å²) in [5, 5.41) is 0. The Morgan fingerprint density at radius 1 is 1.31 bits per heavy atom. The van der Waals surface area contributed by atoms with Crippen molar-refractivity contribution in [3.63, 3.8) is 0 Å². The molecule has 1 fully saturated rings. The van der Waals surface area contributed by atoms with Crippen LogP contribution in [0.2, 0.25) is 0 Å². The van der Waals surface area contributed by atoms with Crippen molar-refractivity contribution in [3.8, 4) is 0 Å². The van der Waals surface area contributed by atoms with Gasteiger partial charge in [0.25, 0.3) is 0 Å². The molecule has 1 aliphatic rings. The lowest BCUT2D eigenvalue weighted by Gasteiger charge is -2.23. The van der Waals surface area contributed by atoms with Gasteiger partial charge >= 0.3 is 0 Å². The number of rotatable bonds is 4. The standard InChI is InChI=1S/C10H19NO2/c1-3-12-13-9-6-10-4-7-11(2)8-5-10/h6H,3-5,7-9H2,1-2H3. The molecule has 0 amide bonds. The first kappa shape index (κ1) is 10.7. The van der Waals surface area contributed by atoms with Crippen molar-refractivity contribution in [3.05, 3.63) is 11.6 Å². The van der Waals surface area contributed by atoms with Gasteiger partial charge in [-0.15, -0.1) is 0 Å². The zero-order chi connectivity index (χ0) is 9.52. The van der Waals surface area contributed by atoms with E-state index in [-0.39, 0.29) is 0 Å². The second kappa shape index (κ2) is 6.13. The molecule has 1 saturated heterocycles. The van der Waals surface area contributed by atoms with Gasteiger partial charge in [0, 0.05) is 13.1 Å². The summed E-state index contributed by atoms with van der Waals surface area (Å²) in [5.41, 5.74) is 1.50. The number of hydrogen-bond donors (Lipinski definition) is 0. The third-order valence-electron chi connectivity index (χ3n) is 2.27. The van der Waals surface area contributed by atoms with E-state index in [9.17, 15) is 0 Å². The third-order valence-corrected chi connectivity index (χ3v) is 2.27. The highest BCUT2D eigenvalue weighted by Gasteiger charge is 2.08. The van der Waals surface area contributed by atoms with Crippen molar-refractivity contribution in [2.24, 2.45) is 0 Å². The lowest BCUT2D eigenvalue weighted by molar-refractivity contribution is -0.282. The SMILES string of the molecule is CCOOCC=C1CCN(C)CC1. The van der Waals surface area contributed by atoms with E-state index in [0.717, 1.165) is 0 Å². The van der Waals surface area contributed by atoms with Gasteiger partial charge in [-0.2, -0.15) is 0 Å². The molecule has 0 atom stereocenters. The van der Waals surface area contributed by atoms with Crippen molar-refractivity contribution >= 4 is 0 Å². The number of likely N-dealkylation sites (tertiary alicyclic amines) is 1. The maximum absolute atomic E-state index is 4.92. The molecule has 0 aromatic heterocycles. The maximum Gasteiger partial charge on any atom is 0.101 e. The molecule has 1 heterocycles. The first-order valence-corrected chi connectivity index (χ1v) is 4.93. The first-order chi connectivity index (χ1) is 6.33. The van der Waals surface area contributed by atoms with Gasteiger partial charge in [0.05, 0.1) is 6.61 Å². The van der Waals surface area contributed by atoms with E-state index in [4.69, 9.17) is 9.78 Å². The zero-order valence-corrected chi connectivity index (χ0v) is 8.58. The summed E-state index contributed by atoms with van der Waals surface area (Å²) in [6, 6.07) is 0. The highest BCUT2D eigenvalue weighted by atomic mass is 17.2. The van der Waals surface area contributed by atoms with Gasteiger partial charge in [0.2, 0.25) is 0 Å². The highest BCUT2D eigenvalue weighted by molar-refractivity contribution is 5.05. The van der Waals surface area contributed by atoms with Crippen LogP contribution in [0.15, 0.2) is 11.6 Å². The van der Waals surface area contributed by atoms with Crippen LogP contribution in [0.4, 0.5) is 0 Å². The van der Waals surface area contributed by atoms with Gasteiger partial charge < -0.3 is 4.90 Å². The van der Waals surface area contributed by atoms with E-state index in [1.54, 1.807) is 0 Å². The van der Waals surface area contributed by atoms with Crippen molar-refractivity contribution < 1.29 is 9.78 Å². The van der Waals surface area contributed by atoms with Crippen LogP contribution in [-0.4, -0.2) is 38.3 Å². The van der Waals surface area contributed by atoms with Gasteiger partial charge in [-0.3, -0.25) is 0 Å². The molecule has 0 radical (unpaired) electrons. The van der Waals surface area contributed by atoms with Crippen molar-refractivity contribution in [2.75, 3.05) is 33.4 Å². The van der Waals surface area contributed by atoms with Crippen LogP contribution >= 0.6 is 0 Å². The first-order valence-electron chi connectivity index (χ1n) is 4.93. The highest BCUT2D eigenvalue weighted by Crippen LogP contribution is 2.13. The molecule has 3 heteroatoms. The number of hydrogen-bond acceptors (Lipinski definition) is 3. The fourth-order valence-electron chi connectivity index (χ4n) is 1.39. The van der Waals surface area contributed by atoms with E-state index in [1.807, 2.05) is 6.92 Å². The summed E-state index contributed by atoms with van der Waals surface area (Å²) in [6.07, 6.45) is 4.49. The Kier molecular flexibility index (Phi) is 5.05. The van der Waals surface area contributed by atoms with Crippen LogP contribution in [0.5, 0.6) is 0 Å². The Hall–Kier alpha value is -0.380. The van der Waals surface area contributed by atoms with Crippen LogP contribution in [-0.2, 0) is 9.78 Å². The van der Waals surface area contributed by atoms with Gasteiger partial charge in [-0.05, 0) is 26.8 Å². The fourth-order valence-corrected chi connectivity index (χ4v) is 1.39. The molecule has 0 bridgehead atoms. The molecule has 0 aliphatic carbocycles. The van der Waals surface area contributed by atoms with Gasteiger partial charge in [-0.1, -0.05) is 11.6 Å². The monoisotopic (exact) mass is 185 g/mol. The second-order valence-electron chi connectivity index (χ2n) is 3.36. The Bertz CT molecular complexity index is 158. The van der Waals surface area contributed by atoms with Crippen LogP contribution < -0.4 is 0 Å². The molecular formula is C10H19NO2. The van der Waals surface area contributed by atoms with Crippen LogP contribution in [0.25, 0.3) is 0 Å². The zero-order valence-electron chi connectivity index (χ0n) is 8.58. The normalized spacial score (nSPS) is 19.1. The van der Waals surface area contributed by atoms with E-state index in [2.05, 4.69) is 18.0 Å². The molecule has 0 saturated carbocycles. The van der Waals surface area contributed by atoms with Crippen LogP contribution in [0, 0.1) is 0 Å². The van der Waals surface area contributed by atoms with E-state index in [1.165, 1.54) is 31.5 Å². The molecular weight excluding hydrogens is 166 g/mol. The predicted molar refractivity (Wildman–Crippen MR) is 52.4 cm³/mol. The lowest BCUT2D eigenvalue weighted by atomic mass is 10.0. The summed E-state index contributed by atoms with van der Waals surface area (Å²) < 4.78 is 0. The van der Waals surface area contributed by atoms with E-state index >= 15 is 0 Å². The van der Waals surface area contributed by atoms with Crippen LogP contribution in [0.1, 0.15) is 19.8 Å². The molecule has 76 valence electrons. The van der Waals surface area contributed by atoms with Crippen LogP contribution in [0.3, 0.4) is 0 Å². The van der Waals surface area contributed by atoms with Gasteiger partial charge in [-0.25, -0.2) is 9.78 Å². The number of nitrogens with zero attached hydrogens (tertiary/aromatic N) is 1. The van der Waals surface area contributed by atoms with Gasteiger partial charge in [0.1, 0.15) is 6.61 Å². The molecule has 0 unspecified atom stereocenters. The average molecular weight is 185 g/mol. The smallest absolute Gasteiger partial charge is 0.101 e. The molecule has 0 aromatic rings. The van der Waals surface area contributed by atoms with Crippen molar-refractivity contribution in [1.82, 2.24) is 4.90 Å². The molecule has 0 spiro atoms. The van der Waals surface area contributed by atoms with Gasteiger partial charge in [0.15, 0.2) is 0 Å². The molecule has 1 rings (SSSR count). The predicted octanol–water partition coefficient (Wildman–Crippen LogP) is 1.61. The van der Waals surface area contributed by atoms with Crippen molar-refractivity contribution in [1.29, 1.82) is 0 Å². The molecule has 1 aliphatic heterocycles. The summed E-state index contributed by atoms with van der Waals surface area (Å²) >= 11 is 0. The molecule has 0 N–H and O–H groups in total. The summed E-state index contributed by atoms with van der Waals surface area (Å²) in [6.45, 7) is 5.46. The summed E-state index contributed by atoms with van der Waals surface area (Å²) in [4.78, 5) is 12.1. The minimum Gasteiger partial charge on any atom is -0.306 e. The molecule has 0 aromatic carbocycles. The van der Waals surface area contributed by atoms with Crippen molar-refractivity contribution in [2.45, 2.75) is 19.8 Å². The third kappa shape index (κ3) is 4.41. The van der Waals surface area contributed by atoms with E-state index < -0.39 is 0 Å². The molecule has 13 heavy (non-hydrogen) atoms. The summed E-state index contributed by atoms with van der Waals surface area (Å²) in [7, 11) is 2.16. The Morgan fingerprint density at radius 3 is 2.62 bits per heavy atom. The fraction of sp³-hybridized carbons (Fsp3) is 0.800. The topological polar surface area (TPSA) is 21.7 Å². The second-order valence-corrected chi connectivity index (χ2v) is 3.36. The summed E-state index contributed by atoms with van der Waals surface area (Å²) in [5.74, 6) is 0. The number of piperidine rings is 1. The largest absolute Gasteiger partial charge is 0.306 e.